The number of benzene rings is 1. The van der Waals surface area contributed by atoms with Gasteiger partial charge < -0.3 is 14.6 Å². The van der Waals surface area contributed by atoms with Crippen LogP contribution in [0.4, 0.5) is 0 Å². The molecule has 0 saturated heterocycles. The molecule has 0 amide bonds. The summed E-state index contributed by atoms with van der Waals surface area (Å²) >= 11 is 0. The van der Waals surface area contributed by atoms with Crippen molar-refractivity contribution < 1.29 is 24.2 Å². The Balaban J connectivity index is 3.06. The first-order valence-corrected chi connectivity index (χ1v) is 5.62. The van der Waals surface area contributed by atoms with E-state index in [2.05, 4.69) is 0 Å². The Bertz CT molecular complexity index is 439. The van der Waals surface area contributed by atoms with Crippen molar-refractivity contribution in [1.82, 2.24) is 0 Å². The van der Waals surface area contributed by atoms with Crippen LogP contribution in [0, 0.1) is 0 Å². The van der Waals surface area contributed by atoms with E-state index in [-0.39, 0.29) is 23.3 Å². The fraction of sp³-hybridized carbons (Fsp3) is 0.385. The summed E-state index contributed by atoms with van der Waals surface area (Å²) in [6.07, 6.45) is 0.194. The minimum absolute atomic E-state index is 0.0687. The fourth-order valence-corrected chi connectivity index (χ4v) is 1.49. The third-order valence-corrected chi connectivity index (χ3v) is 2.36. The Morgan fingerprint density at radius 3 is 2.61 bits per heavy atom. The highest BCUT2D eigenvalue weighted by Crippen LogP contribution is 2.22. The van der Waals surface area contributed by atoms with E-state index >= 15 is 0 Å². The quantitative estimate of drug-likeness (QED) is 0.751. The van der Waals surface area contributed by atoms with Crippen molar-refractivity contribution in [2.24, 2.45) is 0 Å². The molecule has 0 aliphatic rings. The Hall–Kier alpha value is -1.88. The van der Waals surface area contributed by atoms with Crippen LogP contribution in [0.5, 0.6) is 5.75 Å². The number of aromatic carboxylic acids is 1. The van der Waals surface area contributed by atoms with Crippen LogP contribution < -0.4 is 4.74 Å². The van der Waals surface area contributed by atoms with E-state index in [1.807, 2.05) is 0 Å². The standard InChI is InChI=1S/C13H16O5/c1-3-18-12-5-4-9(13(15)16)8-10(12)11(14)6-7-17-2/h4-5,8H,3,6-7H2,1-2H3,(H,15,16). The van der Waals surface area contributed by atoms with Crippen LogP contribution in [-0.4, -0.2) is 37.2 Å². The first-order valence-electron chi connectivity index (χ1n) is 5.62. The molecule has 0 aliphatic heterocycles. The van der Waals surface area contributed by atoms with Gasteiger partial charge in [0, 0.05) is 13.5 Å². The van der Waals surface area contributed by atoms with Crippen molar-refractivity contribution >= 4 is 11.8 Å². The second-order valence-corrected chi connectivity index (χ2v) is 3.62. The molecule has 0 aliphatic carbocycles. The average molecular weight is 252 g/mol. The number of Topliss-reactive ketones (excluding diaryl/α,β-unsaturated/α-hetero) is 1. The molecular weight excluding hydrogens is 236 g/mol. The van der Waals surface area contributed by atoms with Crippen molar-refractivity contribution in [1.29, 1.82) is 0 Å². The minimum atomic E-state index is -1.07. The zero-order valence-electron chi connectivity index (χ0n) is 10.4. The summed E-state index contributed by atoms with van der Waals surface area (Å²) in [6, 6.07) is 4.26. The van der Waals surface area contributed by atoms with Crippen molar-refractivity contribution in [2.75, 3.05) is 20.3 Å². The number of rotatable bonds is 7. The molecule has 18 heavy (non-hydrogen) atoms. The third kappa shape index (κ3) is 3.56. The van der Waals surface area contributed by atoms with Crippen LogP contribution in [-0.2, 0) is 4.74 Å². The van der Waals surface area contributed by atoms with Crippen molar-refractivity contribution in [2.45, 2.75) is 13.3 Å². The third-order valence-electron chi connectivity index (χ3n) is 2.36. The molecule has 1 rings (SSSR count). The van der Waals surface area contributed by atoms with Crippen LogP contribution >= 0.6 is 0 Å². The van der Waals surface area contributed by atoms with Gasteiger partial charge in [-0.2, -0.15) is 0 Å². The summed E-state index contributed by atoms with van der Waals surface area (Å²) < 4.78 is 10.2. The summed E-state index contributed by atoms with van der Waals surface area (Å²) in [4.78, 5) is 22.8. The Labute approximate surface area is 105 Å². The average Bonchev–Trinajstić information content (AvgIpc) is 2.36. The number of ether oxygens (including phenoxy) is 2. The molecule has 0 unspecified atom stereocenters. The molecule has 0 saturated carbocycles. The summed E-state index contributed by atoms with van der Waals surface area (Å²) in [7, 11) is 1.50. The molecule has 0 atom stereocenters. The topological polar surface area (TPSA) is 72.8 Å². The van der Waals surface area contributed by atoms with Gasteiger partial charge in [0.15, 0.2) is 5.78 Å². The normalized spacial score (nSPS) is 10.1. The molecule has 1 N–H and O–H groups in total. The second kappa shape index (κ2) is 6.76. The lowest BCUT2D eigenvalue weighted by Crippen LogP contribution is -2.08. The molecule has 5 nitrogen and oxygen atoms in total. The molecule has 1 aromatic carbocycles. The monoisotopic (exact) mass is 252 g/mol. The van der Waals surface area contributed by atoms with Crippen molar-refractivity contribution in [3.8, 4) is 5.75 Å². The van der Waals surface area contributed by atoms with E-state index in [0.29, 0.717) is 19.0 Å². The van der Waals surface area contributed by atoms with Crippen LogP contribution in [0.3, 0.4) is 0 Å². The highest BCUT2D eigenvalue weighted by molar-refractivity contribution is 6.01. The maximum absolute atomic E-state index is 11.9. The molecule has 0 aromatic heterocycles. The number of carbonyl (C=O) groups excluding carboxylic acids is 1. The van der Waals surface area contributed by atoms with Gasteiger partial charge in [0.05, 0.1) is 24.3 Å². The van der Waals surface area contributed by atoms with E-state index in [9.17, 15) is 9.59 Å². The molecular formula is C13H16O5. The second-order valence-electron chi connectivity index (χ2n) is 3.62. The largest absolute Gasteiger partial charge is 0.493 e. The maximum atomic E-state index is 11.9. The van der Waals surface area contributed by atoms with Gasteiger partial charge in [0.1, 0.15) is 5.75 Å². The number of hydrogen-bond acceptors (Lipinski definition) is 4. The molecule has 1 aromatic rings. The Kier molecular flexibility index (Phi) is 5.32. The van der Waals surface area contributed by atoms with Crippen LogP contribution in [0.2, 0.25) is 0 Å². The summed E-state index contributed by atoms with van der Waals surface area (Å²) in [5.41, 5.74) is 0.355. The van der Waals surface area contributed by atoms with Crippen LogP contribution in [0.25, 0.3) is 0 Å². The van der Waals surface area contributed by atoms with Gasteiger partial charge >= 0.3 is 5.97 Å². The van der Waals surface area contributed by atoms with E-state index in [1.54, 1.807) is 6.92 Å². The van der Waals surface area contributed by atoms with Crippen LogP contribution in [0.15, 0.2) is 18.2 Å². The Morgan fingerprint density at radius 2 is 2.06 bits per heavy atom. The van der Waals surface area contributed by atoms with Gasteiger partial charge in [-0.05, 0) is 25.1 Å². The summed E-state index contributed by atoms with van der Waals surface area (Å²) in [5.74, 6) is -0.856. The first kappa shape index (κ1) is 14.2. The van der Waals surface area contributed by atoms with Crippen molar-refractivity contribution in [3.63, 3.8) is 0 Å². The van der Waals surface area contributed by atoms with E-state index in [4.69, 9.17) is 14.6 Å². The SMILES string of the molecule is CCOc1ccc(C(=O)O)cc1C(=O)CCOC. The van der Waals surface area contributed by atoms with E-state index in [0.717, 1.165) is 0 Å². The summed E-state index contributed by atoms with van der Waals surface area (Å²) in [6.45, 7) is 2.51. The lowest BCUT2D eigenvalue weighted by atomic mass is 10.0. The minimum Gasteiger partial charge on any atom is -0.493 e. The predicted molar refractivity (Wildman–Crippen MR) is 65.4 cm³/mol. The predicted octanol–water partition coefficient (Wildman–Crippen LogP) is 2.00. The smallest absolute Gasteiger partial charge is 0.335 e. The van der Waals surface area contributed by atoms with Gasteiger partial charge in [-0.15, -0.1) is 0 Å². The van der Waals surface area contributed by atoms with E-state index < -0.39 is 5.97 Å². The highest BCUT2D eigenvalue weighted by atomic mass is 16.5. The molecule has 0 spiro atoms. The molecule has 0 fully saturated rings. The number of carboxylic acid groups (broad SMARTS) is 1. The van der Waals surface area contributed by atoms with Gasteiger partial charge in [-0.3, -0.25) is 4.79 Å². The van der Waals surface area contributed by atoms with E-state index in [1.165, 1.54) is 25.3 Å². The Morgan fingerprint density at radius 1 is 1.33 bits per heavy atom. The molecule has 0 bridgehead atoms. The molecule has 98 valence electrons. The van der Waals surface area contributed by atoms with Gasteiger partial charge in [0.25, 0.3) is 0 Å². The van der Waals surface area contributed by atoms with Gasteiger partial charge in [0.2, 0.25) is 0 Å². The fourth-order valence-electron chi connectivity index (χ4n) is 1.49. The number of carboxylic acids is 1. The first-order chi connectivity index (χ1) is 8.60. The van der Waals surface area contributed by atoms with Gasteiger partial charge in [-0.1, -0.05) is 0 Å². The number of hydrogen-bond donors (Lipinski definition) is 1. The zero-order valence-corrected chi connectivity index (χ0v) is 10.4. The highest BCUT2D eigenvalue weighted by Gasteiger charge is 2.15. The molecule has 5 heteroatoms. The number of ketones is 1. The zero-order chi connectivity index (χ0) is 13.5. The van der Waals surface area contributed by atoms with Crippen LogP contribution in [0.1, 0.15) is 34.1 Å². The van der Waals surface area contributed by atoms with Crippen molar-refractivity contribution in [3.05, 3.63) is 29.3 Å². The summed E-state index contributed by atoms with van der Waals surface area (Å²) in [5, 5.41) is 8.91. The van der Waals surface area contributed by atoms with Gasteiger partial charge in [-0.25, -0.2) is 4.79 Å². The number of methoxy groups -OCH3 is 1. The number of carbonyl (C=O) groups is 2. The molecule has 0 radical (unpaired) electrons. The lowest BCUT2D eigenvalue weighted by molar-refractivity contribution is 0.0697. The molecule has 0 heterocycles. The maximum Gasteiger partial charge on any atom is 0.335 e. The lowest BCUT2D eigenvalue weighted by Gasteiger charge is -2.10.